The van der Waals surface area contributed by atoms with Gasteiger partial charge in [0.05, 0.1) is 39.0 Å². The Labute approximate surface area is 192 Å². The third kappa shape index (κ3) is 3.66. The second-order valence-electron chi connectivity index (χ2n) is 7.08. The van der Waals surface area contributed by atoms with Crippen LogP contribution >= 0.6 is 22.7 Å². The summed E-state index contributed by atoms with van der Waals surface area (Å²) in [5, 5.41) is 2.79. The van der Waals surface area contributed by atoms with Crippen LogP contribution in [0.5, 0.6) is 5.75 Å². The Hall–Kier alpha value is -3.55. The van der Waals surface area contributed by atoms with E-state index in [1.165, 1.54) is 11.3 Å². The van der Waals surface area contributed by atoms with Crippen molar-refractivity contribution in [2.24, 2.45) is 4.99 Å². The van der Waals surface area contributed by atoms with Gasteiger partial charge in [0, 0.05) is 11.9 Å². The number of pyridine rings is 1. The number of thiazole rings is 1. The van der Waals surface area contributed by atoms with E-state index in [4.69, 9.17) is 9.72 Å². The lowest BCUT2D eigenvalue weighted by atomic mass is 10.1. The second-order valence-corrected chi connectivity index (χ2v) is 9.04. The number of nitrogens with zero attached hydrogens (tertiary/aromatic N) is 3. The zero-order valence-electron chi connectivity index (χ0n) is 17.3. The Balaban J connectivity index is 1.70. The molecule has 0 N–H and O–H groups in total. The number of fused-ring (bicyclic) bond motifs is 2. The lowest BCUT2D eigenvalue weighted by molar-refractivity contribution is 0.0999. The first-order chi connectivity index (χ1) is 15.7. The molecule has 0 radical (unpaired) electrons. The summed E-state index contributed by atoms with van der Waals surface area (Å²) in [6.45, 7) is 4.41. The van der Waals surface area contributed by atoms with Crippen LogP contribution in [-0.4, -0.2) is 22.6 Å². The molecule has 5 aromatic rings. The van der Waals surface area contributed by atoms with Crippen molar-refractivity contribution in [1.29, 1.82) is 0 Å². The predicted molar refractivity (Wildman–Crippen MR) is 132 cm³/mol. The van der Waals surface area contributed by atoms with Crippen molar-refractivity contribution in [3.8, 4) is 16.3 Å². The van der Waals surface area contributed by atoms with Gasteiger partial charge in [0.15, 0.2) is 4.80 Å². The van der Waals surface area contributed by atoms with E-state index in [0.717, 1.165) is 37.4 Å². The van der Waals surface area contributed by atoms with Gasteiger partial charge in [-0.15, -0.1) is 17.9 Å². The van der Waals surface area contributed by atoms with Crippen LogP contribution < -0.4 is 9.54 Å². The molecule has 0 bridgehead atoms. The molecule has 5 rings (SSSR count). The van der Waals surface area contributed by atoms with Crippen LogP contribution in [0.1, 0.15) is 10.4 Å². The van der Waals surface area contributed by atoms with Gasteiger partial charge < -0.3 is 9.30 Å². The molecular weight excluding hydrogens is 438 g/mol. The van der Waals surface area contributed by atoms with Gasteiger partial charge in [0.1, 0.15) is 5.75 Å². The number of allylic oxidation sites excluding steroid dienone is 1. The highest BCUT2D eigenvalue weighted by atomic mass is 32.1. The van der Waals surface area contributed by atoms with E-state index < -0.39 is 0 Å². The molecule has 2 aromatic carbocycles. The van der Waals surface area contributed by atoms with Gasteiger partial charge >= 0.3 is 0 Å². The molecule has 0 aliphatic carbocycles. The molecule has 0 spiro atoms. The molecule has 0 atom stereocenters. The molecule has 1 amide bonds. The van der Waals surface area contributed by atoms with E-state index in [2.05, 4.69) is 11.6 Å². The van der Waals surface area contributed by atoms with Crippen molar-refractivity contribution < 1.29 is 9.53 Å². The normalized spacial score (nSPS) is 11.8. The molecule has 0 saturated heterocycles. The van der Waals surface area contributed by atoms with Gasteiger partial charge in [-0.2, -0.15) is 4.99 Å². The molecule has 0 aliphatic heterocycles. The van der Waals surface area contributed by atoms with E-state index in [1.54, 1.807) is 24.5 Å². The highest BCUT2D eigenvalue weighted by Gasteiger charge is 2.15. The Kier molecular flexibility index (Phi) is 5.43. The monoisotopic (exact) mass is 457 g/mol. The summed E-state index contributed by atoms with van der Waals surface area (Å²) in [5.74, 6) is 0.473. The maximum Gasteiger partial charge on any atom is 0.280 e. The molecular formula is C25H19N3O2S2. The van der Waals surface area contributed by atoms with Gasteiger partial charge in [-0.3, -0.25) is 4.79 Å². The van der Waals surface area contributed by atoms with E-state index in [0.29, 0.717) is 16.9 Å². The number of hydrogen-bond donors (Lipinski definition) is 0. The zero-order valence-corrected chi connectivity index (χ0v) is 19.0. The molecule has 0 unspecified atom stereocenters. The summed E-state index contributed by atoms with van der Waals surface area (Å²) >= 11 is 3.05. The first-order valence-electron chi connectivity index (χ1n) is 9.99. The number of aromatic nitrogens is 2. The van der Waals surface area contributed by atoms with Gasteiger partial charge in [-0.25, -0.2) is 4.98 Å². The topological polar surface area (TPSA) is 56.5 Å². The zero-order chi connectivity index (χ0) is 22.1. The molecule has 5 nitrogen and oxygen atoms in total. The lowest BCUT2D eigenvalue weighted by Gasteiger charge is -2.06. The quantitative estimate of drug-likeness (QED) is 0.308. The van der Waals surface area contributed by atoms with Gasteiger partial charge in [-0.1, -0.05) is 41.7 Å². The summed E-state index contributed by atoms with van der Waals surface area (Å²) in [6.07, 6.45) is 1.80. The molecule has 0 saturated carbocycles. The van der Waals surface area contributed by atoms with Crippen LogP contribution in [0.4, 0.5) is 0 Å². The van der Waals surface area contributed by atoms with Crippen LogP contribution in [0.25, 0.3) is 31.7 Å². The highest BCUT2D eigenvalue weighted by molar-refractivity contribution is 7.16. The van der Waals surface area contributed by atoms with Crippen molar-refractivity contribution in [3.05, 3.63) is 89.1 Å². The van der Waals surface area contributed by atoms with E-state index in [9.17, 15) is 4.79 Å². The fourth-order valence-corrected chi connectivity index (χ4v) is 5.37. The molecule has 32 heavy (non-hydrogen) atoms. The minimum Gasteiger partial charge on any atom is -0.497 e. The van der Waals surface area contributed by atoms with Crippen molar-refractivity contribution in [2.75, 3.05) is 7.11 Å². The van der Waals surface area contributed by atoms with Gasteiger partial charge in [0.25, 0.3) is 5.91 Å². The smallest absolute Gasteiger partial charge is 0.280 e. The largest absolute Gasteiger partial charge is 0.497 e. The van der Waals surface area contributed by atoms with Crippen molar-refractivity contribution in [1.82, 2.24) is 9.55 Å². The number of methoxy groups -OCH3 is 1. The SMILES string of the molecule is C=CCn1c(=NC(=O)c2cc(-c3cccs3)nc3ccccc23)sc2cc(OC)ccc21. The summed E-state index contributed by atoms with van der Waals surface area (Å²) in [5.41, 5.74) is 3.08. The second kappa shape index (κ2) is 8.53. The van der Waals surface area contributed by atoms with E-state index in [1.807, 2.05) is 70.6 Å². The Morgan fingerprint density at radius 2 is 2.06 bits per heavy atom. The Bertz CT molecular complexity index is 1530. The average Bonchev–Trinajstić information content (AvgIpc) is 3.47. The van der Waals surface area contributed by atoms with Crippen LogP contribution in [0.3, 0.4) is 0 Å². The number of amides is 1. The number of thiophene rings is 1. The van der Waals surface area contributed by atoms with Gasteiger partial charge in [-0.05, 0) is 41.8 Å². The summed E-state index contributed by atoms with van der Waals surface area (Å²) in [7, 11) is 1.64. The highest BCUT2D eigenvalue weighted by Crippen LogP contribution is 2.28. The van der Waals surface area contributed by atoms with Gasteiger partial charge in [0.2, 0.25) is 0 Å². The van der Waals surface area contributed by atoms with Crippen LogP contribution in [0, 0.1) is 0 Å². The third-order valence-corrected chi connectivity index (χ3v) is 7.05. The van der Waals surface area contributed by atoms with E-state index in [-0.39, 0.29) is 5.91 Å². The molecule has 7 heteroatoms. The molecule has 158 valence electrons. The van der Waals surface area contributed by atoms with Crippen molar-refractivity contribution in [3.63, 3.8) is 0 Å². The maximum atomic E-state index is 13.5. The van der Waals surface area contributed by atoms with Crippen molar-refractivity contribution in [2.45, 2.75) is 6.54 Å². The lowest BCUT2D eigenvalue weighted by Crippen LogP contribution is -2.16. The minimum absolute atomic E-state index is 0.294. The predicted octanol–water partition coefficient (Wildman–Crippen LogP) is 5.92. The first-order valence-corrected chi connectivity index (χ1v) is 11.7. The molecule has 0 fully saturated rings. The number of carbonyl (C=O) groups is 1. The first kappa shape index (κ1) is 20.4. The fraction of sp³-hybridized carbons (Fsp3) is 0.0800. The number of carbonyl (C=O) groups excluding carboxylic acids is 1. The Morgan fingerprint density at radius 3 is 2.84 bits per heavy atom. The number of ether oxygens (including phenoxy) is 1. The minimum atomic E-state index is -0.294. The standard InChI is InChI=1S/C25H19N3O2S2/c1-3-12-28-21-11-10-16(30-2)14-23(21)32-25(28)27-24(29)18-15-20(22-9-6-13-31-22)26-19-8-5-4-7-17(18)19/h3-11,13-15H,1,12H2,2H3. The summed E-state index contributed by atoms with van der Waals surface area (Å²) < 4.78 is 8.34. The third-order valence-electron chi connectivity index (χ3n) is 5.12. The summed E-state index contributed by atoms with van der Waals surface area (Å²) in [6, 6.07) is 19.3. The Morgan fingerprint density at radius 1 is 1.19 bits per heavy atom. The average molecular weight is 458 g/mol. The molecule has 0 aliphatic rings. The number of hydrogen-bond acceptors (Lipinski definition) is 5. The van der Waals surface area contributed by atoms with Crippen LogP contribution in [-0.2, 0) is 6.54 Å². The fourth-order valence-electron chi connectivity index (χ4n) is 3.62. The van der Waals surface area contributed by atoms with Crippen LogP contribution in [0.15, 0.2) is 83.7 Å². The number of benzene rings is 2. The molecule has 3 heterocycles. The summed E-state index contributed by atoms with van der Waals surface area (Å²) in [4.78, 5) is 24.4. The van der Waals surface area contributed by atoms with E-state index >= 15 is 0 Å². The molecule has 3 aromatic heterocycles. The maximum absolute atomic E-state index is 13.5. The number of para-hydroxylation sites is 1. The van der Waals surface area contributed by atoms with Crippen LogP contribution in [0.2, 0.25) is 0 Å². The van der Waals surface area contributed by atoms with Crippen molar-refractivity contribution >= 4 is 49.7 Å². The number of rotatable bonds is 5.